The molecule has 2 aromatic carbocycles. The van der Waals surface area contributed by atoms with Gasteiger partial charge in [0.25, 0.3) is 5.91 Å². The topological polar surface area (TPSA) is 85.5 Å². The number of carbonyl (C=O) groups is 2. The number of esters is 1. The Hall–Kier alpha value is -2.64. The molecule has 1 atom stereocenters. The lowest BCUT2D eigenvalue weighted by Gasteiger charge is -2.23. The largest absolute Gasteiger partial charge is 0.452 e. The molecule has 3 aromatic rings. The molecule has 1 aromatic heterocycles. The Morgan fingerprint density at radius 1 is 1.30 bits per heavy atom. The number of carbonyl (C=O) groups excluding carboxylic acids is 2. The van der Waals surface area contributed by atoms with Gasteiger partial charge in [0.05, 0.1) is 32.5 Å². The average Bonchev–Trinajstić information content (AvgIpc) is 3.11. The number of hydrogen-bond donors (Lipinski definition) is 1. The molecule has 0 radical (unpaired) electrons. The molecule has 27 heavy (non-hydrogen) atoms. The summed E-state index contributed by atoms with van der Waals surface area (Å²) in [6, 6.07) is 12.0. The Labute approximate surface area is 165 Å². The summed E-state index contributed by atoms with van der Waals surface area (Å²) in [5, 5.41) is 1.18. The molecule has 3 rings (SSSR count). The molecular weight excluding hydrogens is 386 g/mol. The molecule has 8 heteroatoms. The second-order valence-corrected chi connectivity index (χ2v) is 7.48. The van der Waals surface area contributed by atoms with E-state index in [-0.39, 0.29) is 29.8 Å². The van der Waals surface area contributed by atoms with Crippen LogP contribution in [0.4, 0.5) is 5.69 Å². The van der Waals surface area contributed by atoms with E-state index in [1.54, 1.807) is 7.05 Å². The van der Waals surface area contributed by atoms with Gasteiger partial charge in [-0.1, -0.05) is 23.7 Å². The van der Waals surface area contributed by atoms with Crippen LogP contribution in [0.25, 0.3) is 10.2 Å². The van der Waals surface area contributed by atoms with E-state index in [1.165, 1.54) is 34.4 Å². The van der Waals surface area contributed by atoms with Crippen LogP contribution in [0, 0.1) is 0 Å². The van der Waals surface area contributed by atoms with Crippen LogP contribution in [0.1, 0.15) is 28.3 Å². The third-order valence-corrected chi connectivity index (χ3v) is 5.75. The minimum Gasteiger partial charge on any atom is -0.452 e. The number of nitrogen functional groups attached to an aromatic ring is 1. The molecule has 0 saturated heterocycles. The third-order valence-electron chi connectivity index (χ3n) is 4.20. The fraction of sp³-hybridized carbons (Fsp3) is 0.211. The van der Waals surface area contributed by atoms with Gasteiger partial charge in [0.15, 0.2) is 6.61 Å². The van der Waals surface area contributed by atoms with Crippen molar-refractivity contribution in [3.8, 4) is 0 Å². The number of nitrogens with zero attached hydrogens (tertiary/aromatic N) is 2. The number of para-hydroxylation sites is 1. The third kappa shape index (κ3) is 4.20. The molecule has 0 aliphatic carbocycles. The fourth-order valence-electron chi connectivity index (χ4n) is 2.43. The Kier molecular flexibility index (Phi) is 5.62. The van der Waals surface area contributed by atoms with Crippen molar-refractivity contribution in [3.63, 3.8) is 0 Å². The van der Waals surface area contributed by atoms with Gasteiger partial charge in [-0.05, 0) is 37.3 Å². The van der Waals surface area contributed by atoms with Crippen molar-refractivity contribution >= 4 is 50.7 Å². The summed E-state index contributed by atoms with van der Waals surface area (Å²) in [5.74, 6) is -0.954. The first kappa shape index (κ1) is 19.1. The van der Waals surface area contributed by atoms with Crippen molar-refractivity contribution in [1.82, 2.24) is 9.88 Å². The molecule has 0 aliphatic heterocycles. The second kappa shape index (κ2) is 7.94. The van der Waals surface area contributed by atoms with Gasteiger partial charge in [-0.2, -0.15) is 0 Å². The molecule has 0 aliphatic rings. The highest BCUT2D eigenvalue weighted by Crippen LogP contribution is 2.28. The number of nitrogens with two attached hydrogens (primary N) is 1. The molecule has 6 nitrogen and oxygen atoms in total. The summed E-state index contributed by atoms with van der Waals surface area (Å²) < 4.78 is 6.17. The number of hydrogen-bond acceptors (Lipinski definition) is 6. The van der Waals surface area contributed by atoms with Crippen molar-refractivity contribution in [3.05, 3.63) is 58.1 Å². The molecule has 0 saturated carbocycles. The fourth-order valence-corrected chi connectivity index (χ4v) is 3.61. The molecule has 0 spiro atoms. The van der Waals surface area contributed by atoms with Crippen LogP contribution in [0.15, 0.2) is 42.5 Å². The van der Waals surface area contributed by atoms with Crippen molar-refractivity contribution < 1.29 is 14.3 Å². The van der Waals surface area contributed by atoms with Gasteiger partial charge in [0.2, 0.25) is 0 Å². The molecule has 2 N–H and O–H groups in total. The second-order valence-electron chi connectivity index (χ2n) is 6.01. The van der Waals surface area contributed by atoms with Crippen molar-refractivity contribution in [1.29, 1.82) is 0 Å². The van der Waals surface area contributed by atoms with Gasteiger partial charge < -0.3 is 15.4 Å². The number of fused-ring (bicyclic) bond motifs is 1. The van der Waals surface area contributed by atoms with E-state index < -0.39 is 5.97 Å². The number of anilines is 1. The number of rotatable bonds is 5. The van der Waals surface area contributed by atoms with Crippen molar-refractivity contribution in [2.24, 2.45) is 0 Å². The van der Waals surface area contributed by atoms with Crippen molar-refractivity contribution in [2.45, 2.75) is 13.0 Å². The maximum atomic E-state index is 12.4. The van der Waals surface area contributed by atoms with E-state index in [9.17, 15) is 9.59 Å². The molecule has 1 heterocycles. The van der Waals surface area contributed by atoms with Crippen LogP contribution < -0.4 is 5.73 Å². The maximum Gasteiger partial charge on any atom is 0.338 e. The molecular formula is C19H18ClN3O3S. The summed E-state index contributed by atoms with van der Waals surface area (Å²) in [6.45, 7) is 1.52. The van der Waals surface area contributed by atoms with E-state index in [1.807, 2.05) is 31.2 Å². The van der Waals surface area contributed by atoms with Gasteiger partial charge in [-0.15, -0.1) is 11.3 Å². The number of benzene rings is 2. The van der Waals surface area contributed by atoms with Crippen molar-refractivity contribution in [2.75, 3.05) is 19.4 Å². The first-order chi connectivity index (χ1) is 12.9. The Bertz CT molecular complexity index is 972. The zero-order valence-electron chi connectivity index (χ0n) is 14.8. The molecule has 1 amide bonds. The molecule has 0 bridgehead atoms. The smallest absolute Gasteiger partial charge is 0.338 e. The summed E-state index contributed by atoms with van der Waals surface area (Å²) in [7, 11) is 1.66. The quantitative estimate of drug-likeness (QED) is 0.515. The SMILES string of the molecule is C[C@@H](c1nc2ccccc2s1)N(C)C(=O)COC(=O)c1ccc(Cl)c(N)c1. The van der Waals surface area contributed by atoms with Gasteiger partial charge in [-0.25, -0.2) is 9.78 Å². The van der Waals surface area contributed by atoms with Crippen LogP contribution in [-0.2, 0) is 9.53 Å². The zero-order chi connectivity index (χ0) is 19.6. The average molecular weight is 404 g/mol. The molecule has 0 unspecified atom stereocenters. The van der Waals surface area contributed by atoms with E-state index in [0.717, 1.165) is 15.2 Å². The van der Waals surface area contributed by atoms with Crippen LogP contribution >= 0.6 is 22.9 Å². The number of amides is 1. The number of thiazole rings is 1. The highest BCUT2D eigenvalue weighted by Gasteiger charge is 2.22. The summed E-state index contributed by atoms with van der Waals surface area (Å²) in [6.07, 6.45) is 0. The number of halogens is 1. The van der Waals surface area contributed by atoms with Crippen LogP contribution in [-0.4, -0.2) is 35.4 Å². The van der Waals surface area contributed by atoms with Gasteiger partial charge in [-0.3, -0.25) is 4.79 Å². The zero-order valence-corrected chi connectivity index (χ0v) is 16.4. The minimum atomic E-state index is -0.632. The first-order valence-electron chi connectivity index (χ1n) is 8.20. The normalized spacial score (nSPS) is 12.0. The monoisotopic (exact) mass is 403 g/mol. The summed E-state index contributed by atoms with van der Waals surface area (Å²) >= 11 is 7.37. The standard InChI is InChI=1S/C19H18ClN3O3S/c1-11(18-22-15-5-3-4-6-16(15)27-18)23(2)17(24)10-26-19(25)12-7-8-13(20)14(21)9-12/h3-9,11H,10,21H2,1-2H3/t11-/m0/s1. The van der Waals surface area contributed by atoms with E-state index in [4.69, 9.17) is 22.1 Å². The predicted molar refractivity (Wildman–Crippen MR) is 107 cm³/mol. The lowest BCUT2D eigenvalue weighted by molar-refractivity contribution is -0.135. The van der Waals surface area contributed by atoms with Crippen LogP contribution in [0.5, 0.6) is 0 Å². The number of ether oxygens (including phenoxy) is 1. The molecule has 140 valence electrons. The van der Waals surface area contributed by atoms with Crippen LogP contribution in [0.2, 0.25) is 5.02 Å². The first-order valence-corrected chi connectivity index (χ1v) is 9.39. The highest BCUT2D eigenvalue weighted by atomic mass is 35.5. The van der Waals surface area contributed by atoms with Gasteiger partial charge in [0.1, 0.15) is 5.01 Å². The van der Waals surface area contributed by atoms with E-state index in [0.29, 0.717) is 5.02 Å². The number of likely N-dealkylation sites (N-methyl/N-ethyl adjacent to an activating group) is 1. The highest BCUT2D eigenvalue weighted by molar-refractivity contribution is 7.18. The van der Waals surface area contributed by atoms with E-state index in [2.05, 4.69) is 4.98 Å². The van der Waals surface area contributed by atoms with Gasteiger partial charge in [0, 0.05) is 7.05 Å². The summed E-state index contributed by atoms with van der Waals surface area (Å²) in [5.41, 5.74) is 7.10. The van der Waals surface area contributed by atoms with Gasteiger partial charge >= 0.3 is 5.97 Å². The Balaban J connectivity index is 1.62. The minimum absolute atomic E-state index is 0.236. The van der Waals surface area contributed by atoms with Crippen LogP contribution in [0.3, 0.4) is 0 Å². The lowest BCUT2D eigenvalue weighted by atomic mass is 10.2. The Morgan fingerprint density at radius 2 is 2.04 bits per heavy atom. The summed E-state index contributed by atoms with van der Waals surface area (Å²) in [4.78, 5) is 30.6. The van der Waals surface area contributed by atoms with E-state index >= 15 is 0 Å². The maximum absolute atomic E-state index is 12.4. The Morgan fingerprint density at radius 3 is 2.74 bits per heavy atom. The molecule has 0 fully saturated rings. The lowest BCUT2D eigenvalue weighted by Crippen LogP contribution is -2.33. The predicted octanol–water partition coefficient (Wildman–Crippen LogP) is 3.91. The number of aromatic nitrogens is 1.